The summed E-state index contributed by atoms with van der Waals surface area (Å²) < 4.78 is 0. The molecule has 0 saturated carbocycles. The summed E-state index contributed by atoms with van der Waals surface area (Å²) in [6.45, 7) is 3.21. The zero-order chi connectivity index (χ0) is 27.7. The molecule has 37 heavy (non-hydrogen) atoms. The molecule has 0 aromatic rings. The van der Waals surface area contributed by atoms with E-state index in [2.05, 4.69) is 30.6 Å². The Balaban J connectivity index is 0. The highest BCUT2D eigenvalue weighted by molar-refractivity contribution is 5.96. The van der Waals surface area contributed by atoms with Gasteiger partial charge in [0.25, 0.3) is 0 Å². The first-order valence-electron chi connectivity index (χ1n) is 12.8. The van der Waals surface area contributed by atoms with E-state index in [9.17, 15) is 28.8 Å². The summed E-state index contributed by atoms with van der Waals surface area (Å²) in [5.41, 5.74) is 0. The maximum Gasteiger partial charge on any atom is 0.234 e. The summed E-state index contributed by atoms with van der Waals surface area (Å²) in [5.74, 6) is -0.537. The predicted molar refractivity (Wildman–Crippen MR) is 138 cm³/mol. The molecule has 0 unspecified atom stereocenters. The van der Waals surface area contributed by atoms with Crippen molar-refractivity contribution in [3.63, 3.8) is 0 Å². The van der Waals surface area contributed by atoms with Gasteiger partial charge < -0.3 is 10.6 Å². The number of carbonyl (C=O) groups is 2. The molecule has 0 heterocycles. The molecule has 12 heteroatoms. The molecule has 2 amide bonds. The van der Waals surface area contributed by atoms with Crippen molar-refractivity contribution in [3.05, 3.63) is 0 Å². The van der Waals surface area contributed by atoms with Gasteiger partial charge in [-0.3, -0.25) is 9.59 Å². The molecule has 0 aromatic heterocycles. The van der Waals surface area contributed by atoms with Gasteiger partial charge in [-0.25, -0.2) is 39.1 Å². The van der Waals surface area contributed by atoms with Crippen molar-refractivity contribution in [1.29, 1.82) is 0 Å². The zero-order valence-corrected chi connectivity index (χ0v) is 21.7. The molecular weight excluding hydrogens is 480 g/mol. The molecule has 0 fully saturated rings. The second-order valence-electron chi connectivity index (χ2n) is 8.01. The molecule has 0 saturated heterocycles. The predicted octanol–water partition coefficient (Wildman–Crippen LogP) is 2.62. The third-order valence-corrected chi connectivity index (χ3v) is 4.91. The minimum absolute atomic E-state index is 0.151. The molecular formula is C25H40N6O6. The number of rotatable bonds is 23. The van der Waals surface area contributed by atoms with Gasteiger partial charge in [0, 0.05) is 13.1 Å². The van der Waals surface area contributed by atoms with E-state index in [0.717, 1.165) is 77.0 Å². The number of carbonyl (C=O) groups excluding carboxylic acids is 6. The van der Waals surface area contributed by atoms with E-state index in [1.165, 1.54) is 24.3 Å². The summed E-state index contributed by atoms with van der Waals surface area (Å²) in [6, 6.07) is 0. The molecule has 2 N–H and O–H groups in total. The number of nitrogens with one attached hydrogen (secondary N) is 2. The monoisotopic (exact) mass is 520 g/mol. The third kappa shape index (κ3) is 34.7. The maximum absolute atomic E-state index is 11.6. The van der Waals surface area contributed by atoms with Gasteiger partial charge in [-0.05, 0) is 38.5 Å². The number of nitrogens with zero attached hydrogens (tertiary/aromatic N) is 4. The van der Waals surface area contributed by atoms with Crippen LogP contribution in [0.2, 0.25) is 0 Å². The fourth-order valence-electron chi connectivity index (χ4n) is 2.98. The Hall–Kier alpha value is -3.54. The summed E-state index contributed by atoms with van der Waals surface area (Å²) in [4.78, 5) is 75.9. The number of isocyanates is 4. The first-order chi connectivity index (χ1) is 18.1. The van der Waals surface area contributed by atoms with Crippen molar-refractivity contribution in [2.24, 2.45) is 20.0 Å². The lowest BCUT2D eigenvalue weighted by atomic mass is 10.2. The molecule has 0 aliphatic carbocycles. The minimum atomic E-state index is -0.269. The zero-order valence-electron chi connectivity index (χ0n) is 21.7. The van der Waals surface area contributed by atoms with Crippen molar-refractivity contribution in [1.82, 2.24) is 10.6 Å². The van der Waals surface area contributed by atoms with Crippen molar-refractivity contribution in [2.75, 3.05) is 39.3 Å². The summed E-state index contributed by atoms with van der Waals surface area (Å²) in [7, 11) is 0. The van der Waals surface area contributed by atoms with Crippen molar-refractivity contribution in [3.8, 4) is 0 Å². The van der Waals surface area contributed by atoms with Crippen LogP contribution >= 0.6 is 0 Å². The maximum atomic E-state index is 11.6. The van der Waals surface area contributed by atoms with Gasteiger partial charge in [-0.1, -0.05) is 38.5 Å². The van der Waals surface area contributed by atoms with Crippen LogP contribution in [0.25, 0.3) is 0 Å². The SMILES string of the molecule is O=C=NCCCCCCN=C=O.O=C=NCCCCCCNC(=O)CC(=O)NCCCCCCN=C=O. The molecule has 0 rings (SSSR count). The molecule has 0 radical (unpaired) electrons. The Morgan fingerprint density at radius 2 is 0.703 bits per heavy atom. The minimum Gasteiger partial charge on any atom is -0.356 e. The van der Waals surface area contributed by atoms with Crippen molar-refractivity contribution < 1.29 is 28.8 Å². The smallest absolute Gasteiger partial charge is 0.234 e. The van der Waals surface area contributed by atoms with Crippen LogP contribution in [-0.2, 0) is 28.8 Å². The highest BCUT2D eigenvalue weighted by Crippen LogP contribution is 2.01. The van der Waals surface area contributed by atoms with E-state index >= 15 is 0 Å². The van der Waals surface area contributed by atoms with E-state index in [1.54, 1.807) is 0 Å². The van der Waals surface area contributed by atoms with Crippen LogP contribution in [0.3, 0.4) is 0 Å². The average Bonchev–Trinajstić information content (AvgIpc) is 2.89. The van der Waals surface area contributed by atoms with Gasteiger partial charge in [0.05, 0.1) is 26.2 Å². The lowest BCUT2D eigenvalue weighted by molar-refractivity contribution is -0.129. The van der Waals surface area contributed by atoms with Crippen LogP contribution in [0.1, 0.15) is 83.5 Å². The molecule has 12 nitrogen and oxygen atoms in total. The number of amides is 2. The fraction of sp³-hybridized carbons (Fsp3) is 0.760. The van der Waals surface area contributed by atoms with E-state index in [4.69, 9.17) is 0 Å². The Kier molecular flexibility index (Phi) is 31.3. The number of aliphatic imine (C=N–C) groups is 4. The van der Waals surface area contributed by atoms with Crippen LogP contribution in [0, 0.1) is 0 Å². The van der Waals surface area contributed by atoms with Crippen molar-refractivity contribution in [2.45, 2.75) is 83.5 Å². The van der Waals surface area contributed by atoms with Crippen LogP contribution in [0.5, 0.6) is 0 Å². The quantitative estimate of drug-likeness (QED) is 0.0905. The molecule has 0 atom stereocenters. The third-order valence-electron chi connectivity index (χ3n) is 4.91. The lowest BCUT2D eigenvalue weighted by Crippen LogP contribution is -2.32. The Bertz CT molecular complexity index is 717. The highest BCUT2D eigenvalue weighted by Gasteiger charge is 2.07. The van der Waals surface area contributed by atoms with Crippen molar-refractivity contribution >= 4 is 36.1 Å². The van der Waals surface area contributed by atoms with Gasteiger partial charge in [-0.15, -0.1) is 0 Å². The first-order valence-corrected chi connectivity index (χ1v) is 12.8. The Morgan fingerprint density at radius 1 is 0.432 bits per heavy atom. The van der Waals surface area contributed by atoms with E-state index < -0.39 is 0 Å². The first kappa shape index (κ1) is 35.6. The van der Waals surface area contributed by atoms with E-state index in [-0.39, 0.29) is 18.2 Å². The number of unbranched alkanes of at least 4 members (excludes halogenated alkanes) is 9. The topological polar surface area (TPSA) is 176 Å². The molecule has 206 valence electrons. The number of hydrogen-bond acceptors (Lipinski definition) is 10. The molecule has 0 bridgehead atoms. The molecule has 0 aromatic carbocycles. The normalized spacial score (nSPS) is 9.19. The summed E-state index contributed by atoms with van der Waals surface area (Å²) >= 11 is 0. The van der Waals surface area contributed by atoms with Crippen LogP contribution < -0.4 is 10.6 Å². The van der Waals surface area contributed by atoms with Crippen LogP contribution in [0.15, 0.2) is 20.0 Å². The second-order valence-corrected chi connectivity index (χ2v) is 8.01. The standard InChI is InChI=1S/C17H28N4O4.C8H12N2O2/c22-14-18-9-5-1-3-7-11-20-16(24)13-17(25)21-12-8-4-2-6-10-19-15-23;11-7-9-5-3-1-2-4-6-10-8-12/h1-13H2,(H,20,24)(H,21,25);1-6H2. The Labute approximate surface area is 218 Å². The van der Waals surface area contributed by atoms with Gasteiger partial charge in [0.1, 0.15) is 6.42 Å². The Morgan fingerprint density at radius 3 is 0.973 bits per heavy atom. The van der Waals surface area contributed by atoms with Crippen LogP contribution in [0.4, 0.5) is 0 Å². The van der Waals surface area contributed by atoms with Crippen LogP contribution in [-0.4, -0.2) is 75.4 Å². The van der Waals surface area contributed by atoms with Gasteiger partial charge in [-0.2, -0.15) is 0 Å². The number of hydrogen-bond donors (Lipinski definition) is 2. The largest absolute Gasteiger partial charge is 0.356 e. The van der Waals surface area contributed by atoms with Gasteiger partial charge in [0.15, 0.2) is 0 Å². The van der Waals surface area contributed by atoms with E-state index in [1.807, 2.05) is 0 Å². The molecule has 0 aliphatic rings. The second kappa shape index (κ2) is 32.5. The average molecular weight is 521 g/mol. The summed E-state index contributed by atoms with van der Waals surface area (Å²) in [6.07, 6.45) is 16.8. The van der Waals surface area contributed by atoms with E-state index in [0.29, 0.717) is 39.3 Å². The van der Waals surface area contributed by atoms with Gasteiger partial charge in [0.2, 0.25) is 36.1 Å². The molecule has 0 spiro atoms. The lowest BCUT2D eigenvalue weighted by Gasteiger charge is -2.06. The highest BCUT2D eigenvalue weighted by atomic mass is 16.2. The summed E-state index contributed by atoms with van der Waals surface area (Å²) in [5, 5.41) is 5.44. The fourth-order valence-corrected chi connectivity index (χ4v) is 2.98. The van der Waals surface area contributed by atoms with Gasteiger partial charge >= 0.3 is 0 Å². The molecule has 0 aliphatic heterocycles.